The molecule has 0 aromatic carbocycles. The SMILES string of the molecule is CCC(C)(C)CC(C)(C)OC(=O)C(C)(C)CC(C)(C)C(OC(=O)C(C)(C)CC(C)(C)C(O)C(C)CC(C)(C)C)C(C)CC(C)(C)C. The second-order valence-corrected chi connectivity index (χ2v) is 21.7. The van der Waals surface area contributed by atoms with Gasteiger partial charge in [-0.2, -0.15) is 0 Å². The molecule has 0 saturated carbocycles. The van der Waals surface area contributed by atoms with Crippen molar-refractivity contribution in [1.82, 2.24) is 0 Å². The molecule has 0 aliphatic heterocycles. The topological polar surface area (TPSA) is 72.8 Å². The van der Waals surface area contributed by atoms with Crippen molar-refractivity contribution >= 4 is 11.9 Å². The molecule has 0 saturated heterocycles. The molecule has 0 bridgehead atoms. The fourth-order valence-corrected chi connectivity index (χ4v) is 8.57. The van der Waals surface area contributed by atoms with Crippen molar-refractivity contribution in [3.8, 4) is 0 Å². The second kappa shape index (κ2) is 15.2. The van der Waals surface area contributed by atoms with Gasteiger partial charge in [-0.15, -0.1) is 0 Å². The summed E-state index contributed by atoms with van der Waals surface area (Å²) in [5, 5.41) is 11.4. The van der Waals surface area contributed by atoms with Crippen molar-refractivity contribution in [2.24, 2.45) is 49.7 Å². The molecule has 0 spiro atoms. The number of ether oxygens (including phenoxy) is 2. The third-order valence-electron chi connectivity index (χ3n) is 9.86. The van der Waals surface area contributed by atoms with Crippen molar-refractivity contribution in [3.63, 3.8) is 0 Å². The zero-order valence-electron chi connectivity index (χ0n) is 34.6. The van der Waals surface area contributed by atoms with Gasteiger partial charge in [-0.1, -0.05) is 110 Å². The lowest BCUT2D eigenvalue weighted by Gasteiger charge is -2.45. The van der Waals surface area contributed by atoms with Crippen molar-refractivity contribution in [3.05, 3.63) is 0 Å². The monoisotopic (exact) mass is 653 g/mol. The molecule has 4 atom stereocenters. The fourth-order valence-electron chi connectivity index (χ4n) is 8.57. The highest BCUT2D eigenvalue weighted by atomic mass is 16.6. The van der Waals surface area contributed by atoms with Gasteiger partial charge >= 0.3 is 11.9 Å². The highest BCUT2D eigenvalue weighted by molar-refractivity contribution is 5.77. The predicted molar refractivity (Wildman–Crippen MR) is 196 cm³/mol. The van der Waals surface area contributed by atoms with Crippen LogP contribution in [-0.2, 0) is 19.1 Å². The number of rotatable bonds is 17. The molecule has 46 heavy (non-hydrogen) atoms. The summed E-state index contributed by atoms with van der Waals surface area (Å²) < 4.78 is 12.8. The molecule has 4 unspecified atom stereocenters. The number of aliphatic hydroxyl groups excluding tert-OH is 1. The Labute approximate surface area is 287 Å². The first-order valence-electron chi connectivity index (χ1n) is 18.1. The second-order valence-electron chi connectivity index (χ2n) is 21.7. The molecule has 1 N–H and O–H groups in total. The minimum absolute atomic E-state index is 0.0372. The van der Waals surface area contributed by atoms with Crippen molar-refractivity contribution in [1.29, 1.82) is 0 Å². The summed E-state index contributed by atoms with van der Waals surface area (Å²) in [6, 6.07) is 0. The van der Waals surface area contributed by atoms with Crippen LogP contribution in [0.25, 0.3) is 0 Å². The fraction of sp³-hybridized carbons (Fsp3) is 0.951. The van der Waals surface area contributed by atoms with Gasteiger partial charge in [0.05, 0.1) is 16.9 Å². The van der Waals surface area contributed by atoms with Gasteiger partial charge in [-0.05, 0) is 107 Å². The molecule has 0 aromatic heterocycles. The standard InChI is InChI=1S/C41H80O5/c1-22-36(10,11)25-41(20,21)46-33(44)40(18,19)27-38(14,15)31(29(3)24-35(7,8)9)45-32(43)39(16,17)26-37(12,13)30(42)28(2)23-34(4,5)6/h28-31,42H,22-27H2,1-21H3. The normalized spacial score (nSPS) is 17.3. The Morgan fingerprint density at radius 3 is 1.39 bits per heavy atom. The molecule has 0 aromatic rings. The Balaban J connectivity index is 6.27. The van der Waals surface area contributed by atoms with E-state index in [1.165, 1.54) is 0 Å². The van der Waals surface area contributed by atoms with E-state index in [0.717, 1.165) is 25.7 Å². The van der Waals surface area contributed by atoms with Gasteiger partial charge < -0.3 is 14.6 Å². The predicted octanol–water partition coefficient (Wildman–Crippen LogP) is 11.4. The average Bonchev–Trinajstić information content (AvgIpc) is 2.76. The van der Waals surface area contributed by atoms with Gasteiger partial charge in [0.15, 0.2) is 0 Å². The highest BCUT2D eigenvalue weighted by Crippen LogP contribution is 2.47. The molecule has 5 heteroatoms. The van der Waals surface area contributed by atoms with Gasteiger partial charge in [0, 0.05) is 5.41 Å². The van der Waals surface area contributed by atoms with Gasteiger partial charge in [-0.25, -0.2) is 0 Å². The summed E-state index contributed by atoms with van der Waals surface area (Å²) in [7, 11) is 0. The Kier molecular flexibility index (Phi) is 14.8. The van der Waals surface area contributed by atoms with E-state index in [-0.39, 0.29) is 40.0 Å². The average molecular weight is 653 g/mol. The lowest BCUT2D eigenvalue weighted by atomic mass is 9.66. The van der Waals surface area contributed by atoms with Crippen molar-refractivity contribution < 1.29 is 24.2 Å². The molecule has 0 aliphatic rings. The van der Waals surface area contributed by atoms with Gasteiger partial charge in [0.25, 0.3) is 0 Å². The van der Waals surface area contributed by atoms with Crippen molar-refractivity contribution in [2.75, 3.05) is 0 Å². The number of carbonyl (C=O) groups is 2. The molecule has 0 radical (unpaired) electrons. The molecule has 0 fully saturated rings. The zero-order chi connectivity index (χ0) is 37.1. The number of aliphatic hydroxyl groups is 1. The third kappa shape index (κ3) is 15.0. The van der Waals surface area contributed by atoms with E-state index >= 15 is 0 Å². The number of hydrogen-bond acceptors (Lipinski definition) is 5. The first-order valence-corrected chi connectivity index (χ1v) is 18.1. The molecule has 5 nitrogen and oxygen atoms in total. The quantitative estimate of drug-likeness (QED) is 0.158. The molecule has 0 aliphatic carbocycles. The maximum atomic E-state index is 14.1. The molecular weight excluding hydrogens is 572 g/mol. The van der Waals surface area contributed by atoms with Crippen LogP contribution in [0.5, 0.6) is 0 Å². The molecule has 0 heterocycles. The lowest BCUT2D eigenvalue weighted by molar-refractivity contribution is -0.181. The van der Waals surface area contributed by atoms with Crippen LogP contribution < -0.4 is 0 Å². The Morgan fingerprint density at radius 2 is 0.978 bits per heavy atom. The van der Waals surface area contributed by atoms with E-state index < -0.39 is 39.5 Å². The van der Waals surface area contributed by atoms with Crippen LogP contribution in [-0.4, -0.2) is 34.9 Å². The molecule has 274 valence electrons. The molecule has 0 rings (SSSR count). The largest absolute Gasteiger partial charge is 0.461 e. The summed E-state index contributed by atoms with van der Waals surface area (Å²) in [5.41, 5.74) is -2.97. The van der Waals surface area contributed by atoms with Gasteiger partial charge in [0.1, 0.15) is 11.7 Å². The van der Waals surface area contributed by atoms with Crippen LogP contribution in [0.3, 0.4) is 0 Å². The summed E-state index contributed by atoms with van der Waals surface area (Å²) in [4.78, 5) is 27.9. The van der Waals surface area contributed by atoms with Crippen LogP contribution in [0.15, 0.2) is 0 Å². The minimum atomic E-state index is -0.813. The van der Waals surface area contributed by atoms with Crippen LogP contribution in [0, 0.1) is 49.7 Å². The van der Waals surface area contributed by atoms with E-state index in [9.17, 15) is 14.7 Å². The third-order valence-corrected chi connectivity index (χ3v) is 9.86. The number of hydrogen-bond donors (Lipinski definition) is 1. The Hall–Kier alpha value is -1.10. The van der Waals surface area contributed by atoms with Crippen LogP contribution in [0.1, 0.15) is 184 Å². The van der Waals surface area contributed by atoms with Gasteiger partial charge in [0.2, 0.25) is 0 Å². The van der Waals surface area contributed by atoms with Crippen LogP contribution in [0.2, 0.25) is 0 Å². The van der Waals surface area contributed by atoms with E-state index in [0.29, 0.717) is 12.8 Å². The zero-order valence-corrected chi connectivity index (χ0v) is 34.6. The number of carbonyl (C=O) groups excluding carboxylic acids is 2. The maximum absolute atomic E-state index is 14.1. The lowest BCUT2D eigenvalue weighted by Crippen LogP contribution is -2.48. The first kappa shape index (κ1) is 44.9. The van der Waals surface area contributed by atoms with E-state index in [1.807, 2.05) is 41.5 Å². The maximum Gasteiger partial charge on any atom is 0.312 e. The summed E-state index contributed by atoms with van der Waals surface area (Å²) in [6.45, 7) is 44.3. The smallest absolute Gasteiger partial charge is 0.312 e. The van der Waals surface area contributed by atoms with Gasteiger partial charge in [-0.3, -0.25) is 9.59 Å². The summed E-state index contributed by atoms with van der Waals surface area (Å²) in [6.07, 6.45) is 3.59. The number of esters is 2. The van der Waals surface area contributed by atoms with Crippen molar-refractivity contribution in [2.45, 2.75) is 202 Å². The Bertz CT molecular complexity index is 983. The van der Waals surface area contributed by atoms with Crippen LogP contribution in [0.4, 0.5) is 0 Å². The van der Waals surface area contributed by atoms with E-state index in [4.69, 9.17) is 9.47 Å². The van der Waals surface area contributed by atoms with E-state index in [2.05, 4.69) is 104 Å². The van der Waals surface area contributed by atoms with Crippen LogP contribution >= 0.6 is 0 Å². The Morgan fingerprint density at radius 1 is 0.587 bits per heavy atom. The highest BCUT2D eigenvalue weighted by Gasteiger charge is 2.48. The first-order chi connectivity index (χ1) is 20.0. The minimum Gasteiger partial charge on any atom is -0.461 e. The summed E-state index contributed by atoms with van der Waals surface area (Å²) in [5.74, 6) is -0.307. The summed E-state index contributed by atoms with van der Waals surface area (Å²) >= 11 is 0. The molecule has 0 amide bonds. The molecular formula is C41H80O5. The van der Waals surface area contributed by atoms with E-state index in [1.54, 1.807) is 0 Å².